The first-order valence-electron chi connectivity index (χ1n) is 9.75. The van der Waals surface area contributed by atoms with Crippen LogP contribution in [0.25, 0.3) is 11.0 Å². The van der Waals surface area contributed by atoms with E-state index in [0.29, 0.717) is 5.75 Å². The Morgan fingerprint density at radius 3 is 2.62 bits per heavy atom. The zero-order valence-electron chi connectivity index (χ0n) is 16.2. The molecule has 0 spiro atoms. The largest absolute Gasteiger partial charge is 0.482 e. The van der Waals surface area contributed by atoms with Crippen LogP contribution in [0.4, 0.5) is 0 Å². The van der Waals surface area contributed by atoms with Gasteiger partial charge in [0.2, 0.25) is 5.91 Å². The van der Waals surface area contributed by atoms with Gasteiger partial charge in [-0.25, -0.2) is 4.79 Å². The van der Waals surface area contributed by atoms with Gasteiger partial charge in [0, 0.05) is 10.9 Å². The van der Waals surface area contributed by atoms with Crippen LogP contribution in [0.15, 0.2) is 47.1 Å². The van der Waals surface area contributed by atoms with Gasteiger partial charge in [-0.3, -0.25) is 4.79 Å². The first kappa shape index (κ1) is 19.1. The zero-order valence-corrected chi connectivity index (χ0v) is 16.2. The maximum absolute atomic E-state index is 12.6. The Bertz CT molecular complexity index is 1050. The van der Waals surface area contributed by atoms with Gasteiger partial charge in [0.15, 0.2) is 6.61 Å². The molecule has 6 heteroatoms. The fourth-order valence-corrected chi connectivity index (χ4v) is 3.83. The van der Waals surface area contributed by atoms with E-state index in [4.69, 9.17) is 14.3 Å². The summed E-state index contributed by atoms with van der Waals surface area (Å²) in [5.41, 5.74) is 5.37. The van der Waals surface area contributed by atoms with Gasteiger partial charge in [0.25, 0.3) is 0 Å². The van der Waals surface area contributed by atoms with Crippen LogP contribution in [0.1, 0.15) is 41.6 Å². The number of nitrogens with one attached hydrogen (secondary N) is 1. The molecule has 29 heavy (non-hydrogen) atoms. The number of carboxylic acid groups (broad SMARTS) is 1. The molecule has 0 bridgehead atoms. The molecule has 150 valence electrons. The smallest absolute Gasteiger partial charge is 0.341 e. The fraction of sp³-hybridized carbons (Fsp3) is 0.304. The van der Waals surface area contributed by atoms with Crippen LogP contribution in [0.2, 0.25) is 0 Å². The standard InChI is InChI=1S/C23H23NO5/c1-14(15-5-7-19(8-6-15)28-13-23(26)27)24-22(25)11-18-12-29-21-10-17-4-2-3-16(17)9-20(18)21/h5-10,12,14H,2-4,11,13H2,1H3,(H,24,25)(H,26,27). The predicted octanol–water partition coefficient (Wildman–Crippen LogP) is 3.80. The third kappa shape index (κ3) is 4.26. The number of aryl methyl sites for hydroxylation is 2. The van der Waals surface area contributed by atoms with Gasteiger partial charge >= 0.3 is 5.97 Å². The molecular weight excluding hydrogens is 370 g/mol. The Morgan fingerprint density at radius 2 is 1.90 bits per heavy atom. The highest BCUT2D eigenvalue weighted by Crippen LogP contribution is 2.30. The van der Waals surface area contributed by atoms with Gasteiger partial charge in [-0.1, -0.05) is 12.1 Å². The van der Waals surface area contributed by atoms with E-state index in [1.165, 1.54) is 17.5 Å². The van der Waals surface area contributed by atoms with E-state index in [1.807, 2.05) is 19.1 Å². The highest BCUT2D eigenvalue weighted by atomic mass is 16.5. The van der Waals surface area contributed by atoms with Crippen molar-refractivity contribution in [3.63, 3.8) is 0 Å². The van der Waals surface area contributed by atoms with Crippen LogP contribution in [-0.4, -0.2) is 23.6 Å². The van der Waals surface area contributed by atoms with E-state index in [2.05, 4.69) is 17.4 Å². The molecule has 3 aromatic rings. The van der Waals surface area contributed by atoms with E-state index >= 15 is 0 Å². The summed E-state index contributed by atoms with van der Waals surface area (Å²) in [6.07, 6.45) is 5.30. The molecule has 1 unspecified atom stereocenters. The van der Waals surface area contributed by atoms with Crippen LogP contribution < -0.4 is 10.1 Å². The van der Waals surface area contributed by atoms with Gasteiger partial charge in [-0.2, -0.15) is 0 Å². The number of rotatable bonds is 7. The lowest BCUT2D eigenvalue weighted by Gasteiger charge is -2.15. The van der Waals surface area contributed by atoms with Crippen molar-refractivity contribution in [3.8, 4) is 5.75 Å². The Kier molecular flexibility index (Phi) is 5.25. The van der Waals surface area contributed by atoms with Crippen molar-refractivity contribution < 1.29 is 23.8 Å². The maximum Gasteiger partial charge on any atom is 0.341 e. The normalized spacial score (nSPS) is 13.8. The lowest BCUT2D eigenvalue weighted by Crippen LogP contribution is -2.28. The number of benzene rings is 2. The van der Waals surface area contributed by atoms with Crippen molar-refractivity contribution in [1.82, 2.24) is 5.32 Å². The highest BCUT2D eigenvalue weighted by Gasteiger charge is 2.17. The predicted molar refractivity (Wildman–Crippen MR) is 108 cm³/mol. The summed E-state index contributed by atoms with van der Waals surface area (Å²) in [6, 6.07) is 11.1. The van der Waals surface area contributed by atoms with E-state index < -0.39 is 5.97 Å². The number of ether oxygens (including phenoxy) is 1. The van der Waals surface area contributed by atoms with Gasteiger partial charge in [-0.15, -0.1) is 0 Å². The summed E-state index contributed by atoms with van der Waals surface area (Å²) in [5, 5.41) is 12.7. The number of furan rings is 1. The number of hydrogen-bond acceptors (Lipinski definition) is 4. The number of carboxylic acids is 1. The third-order valence-electron chi connectivity index (χ3n) is 5.34. The minimum absolute atomic E-state index is 0.0769. The van der Waals surface area contributed by atoms with Crippen molar-refractivity contribution in [2.24, 2.45) is 0 Å². The van der Waals surface area contributed by atoms with Crippen LogP contribution in [0.3, 0.4) is 0 Å². The fourth-order valence-electron chi connectivity index (χ4n) is 3.83. The quantitative estimate of drug-likeness (QED) is 0.637. The van der Waals surface area contributed by atoms with Crippen LogP contribution in [-0.2, 0) is 28.9 Å². The molecule has 1 amide bonds. The van der Waals surface area contributed by atoms with E-state index in [-0.39, 0.29) is 25.0 Å². The SMILES string of the molecule is CC(NC(=O)Cc1coc2cc3c(cc12)CCC3)c1ccc(OCC(=O)O)cc1. The molecule has 2 N–H and O–H groups in total. The number of fused-ring (bicyclic) bond motifs is 2. The first-order chi connectivity index (χ1) is 14.0. The molecule has 1 aliphatic carbocycles. The third-order valence-corrected chi connectivity index (χ3v) is 5.34. The maximum atomic E-state index is 12.6. The minimum Gasteiger partial charge on any atom is -0.482 e. The second kappa shape index (κ2) is 7.99. The second-order valence-corrected chi connectivity index (χ2v) is 7.45. The Labute approximate surface area is 168 Å². The number of aliphatic carboxylic acids is 1. The highest BCUT2D eigenvalue weighted by molar-refractivity contribution is 5.88. The van der Waals surface area contributed by atoms with Crippen molar-refractivity contribution in [1.29, 1.82) is 0 Å². The summed E-state index contributed by atoms with van der Waals surface area (Å²) < 4.78 is 10.8. The zero-order chi connectivity index (χ0) is 20.4. The number of carbonyl (C=O) groups is 2. The topological polar surface area (TPSA) is 88.8 Å². The molecule has 1 aliphatic rings. The molecule has 1 atom stereocenters. The van der Waals surface area contributed by atoms with E-state index in [0.717, 1.165) is 34.9 Å². The van der Waals surface area contributed by atoms with Crippen LogP contribution in [0, 0.1) is 0 Å². The van der Waals surface area contributed by atoms with Crippen molar-refractivity contribution in [3.05, 3.63) is 64.9 Å². The molecule has 0 aliphatic heterocycles. The minimum atomic E-state index is -1.02. The molecule has 0 radical (unpaired) electrons. The lowest BCUT2D eigenvalue weighted by atomic mass is 10.0. The van der Waals surface area contributed by atoms with Gasteiger partial charge in [-0.05, 0) is 67.1 Å². The Hall–Kier alpha value is -3.28. The molecule has 1 heterocycles. The summed E-state index contributed by atoms with van der Waals surface area (Å²) in [6.45, 7) is 1.53. The number of amides is 1. The summed E-state index contributed by atoms with van der Waals surface area (Å²) in [7, 11) is 0. The number of carbonyl (C=O) groups excluding carboxylic acids is 1. The van der Waals surface area contributed by atoms with Crippen molar-refractivity contribution in [2.75, 3.05) is 6.61 Å². The van der Waals surface area contributed by atoms with Crippen LogP contribution >= 0.6 is 0 Å². The Balaban J connectivity index is 1.39. The number of hydrogen-bond donors (Lipinski definition) is 2. The molecule has 1 aromatic heterocycles. The first-order valence-corrected chi connectivity index (χ1v) is 9.75. The molecule has 0 fully saturated rings. The van der Waals surface area contributed by atoms with Gasteiger partial charge in [0.05, 0.1) is 18.7 Å². The van der Waals surface area contributed by atoms with Crippen molar-refractivity contribution in [2.45, 2.75) is 38.6 Å². The molecule has 0 saturated carbocycles. The van der Waals surface area contributed by atoms with E-state index in [1.54, 1.807) is 18.4 Å². The summed E-state index contributed by atoms with van der Waals surface area (Å²) >= 11 is 0. The average Bonchev–Trinajstić information content (AvgIpc) is 3.31. The molecule has 6 nitrogen and oxygen atoms in total. The average molecular weight is 393 g/mol. The van der Waals surface area contributed by atoms with Gasteiger partial charge in [0.1, 0.15) is 11.3 Å². The molecule has 0 saturated heterocycles. The van der Waals surface area contributed by atoms with Gasteiger partial charge < -0.3 is 19.6 Å². The molecule has 2 aromatic carbocycles. The molecular formula is C23H23NO5. The monoisotopic (exact) mass is 393 g/mol. The van der Waals surface area contributed by atoms with E-state index in [9.17, 15) is 9.59 Å². The summed E-state index contributed by atoms with van der Waals surface area (Å²) in [5.74, 6) is -0.620. The molecule has 4 rings (SSSR count). The lowest BCUT2D eigenvalue weighted by molar-refractivity contribution is -0.139. The summed E-state index contributed by atoms with van der Waals surface area (Å²) in [4.78, 5) is 23.1. The van der Waals surface area contributed by atoms with Crippen molar-refractivity contribution >= 4 is 22.8 Å². The second-order valence-electron chi connectivity index (χ2n) is 7.45. The Morgan fingerprint density at radius 1 is 1.17 bits per heavy atom. The van der Waals surface area contributed by atoms with Crippen LogP contribution in [0.5, 0.6) is 5.75 Å².